The number of thiazole rings is 1. The minimum Gasteiger partial charge on any atom is -0.365 e. The third kappa shape index (κ3) is 3.29. The van der Waals surface area contributed by atoms with E-state index in [0.717, 1.165) is 17.2 Å². The molecule has 1 amide bonds. The van der Waals surface area contributed by atoms with E-state index in [2.05, 4.69) is 20.6 Å². The van der Waals surface area contributed by atoms with Crippen molar-refractivity contribution >= 4 is 22.4 Å². The highest BCUT2D eigenvalue weighted by atomic mass is 32.1. The lowest BCUT2D eigenvalue weighted by atomic mass is 10.1. The van der Waals surface area contributed by atoms with Gasteiger partial charge in [0.15, 0.2) is 5.13 Å². The van der Waals surface area contributed by atoms with Crippen LogP contribution in [0.5, 0.6) is 0 Å². The van der Waals surface area contributed by atoms with Crippen LogP contribution < -0.4 is 10.6 Å². The van der Waals surface area contributed by atoms with Crippen molar-refractivity contribution in [1.82, 2.24) is 15.3 Å². The zero-order valence-corrected chi connectivity index (χ0v) is 11.7. The number of carbonyl (C=O) groups excluding carboxylic acids is 1. The molecule has 2 heterocycles. The molecule has 5 nitrogen and oxygen atoms in total. The monoisotopic (exact) mass is 276 g/mol. The number of nitrogens with one attached hydrogen (secondary N) is 2. The van der Waals surface area contributed by atoms with Gasteiger partial charge in [-0.25, -0.2) is 4.98 Å². The van der Waals surface area contributed by atoms with Gasteiger partial charge in [0.2, 0.25) is 0 Å². The molecule has 0 aliphatic heterocycles. The van der Waals surface area contributed by atoms with Crippen LogP contribution in [0.15, 0.2) is 30.6 Å². The molecule has 2 N–H and O–H groups in total. The second-order valence-electron chi connectivity index (χ2n) is 3.97. The molecule has 0 fully saturated rings. The Hall–Kier alpha value is -1.95. The Morgan fingerprint density at radius 3 is 2.84 bits per heavy atom. The third-order valence-electron chi connectivity index (χ3n) is 2.70. The smallest absolute Gasteiger partial charge is 0.263 e. The van der Waals surface area contributed by atoms with Crippen LogP contribution in [-0.4, -0.2) is 22.9 Å². The number of aromatic nitrogens is 2. The summed E-state index contributed by atoms with van der Waals surface area (Å²) < 4.78 is 0. The maximum absolute atomic E-state index is 12.1. The Balaban J connectivity index is 2.08. The Morgan fingerprint density at radius 2 is 2.26 bits per heavy atom. The van der Waals surface area contributed by atoms with E-state index in [9.17, 15) is 4.79 Å². The number of carbonyl (C=O) groups is 1. The van der Waals surface area contributed by atoms with Crippen molar-refractivity contribution in [3.63, 3.8) is 0 Å². The van der Waals surface area contributed by atoms with Gasteiger partial charge >= 0.3 is 0 Å². The number of nitrogens with zero attached hydrogens (tertiary/aromatic N) is 2. The van der Waals surface area contributed by atoms with E-state index in [0.29, 0.717) is 4.88 Å². The molecule has 0 aromatic carbocycles. The number of hydrogen-bond donors (Lipinski definition) is 2. The molecule has 0 unspecified atom stereocenters. The van der Waals surface area contributed by atoms with Crippen molar-refractivity contribution in [2.75, 3.05) is 12.4 Å². The number of anilines is 1. The summed E-state index contributed by atoms with van der Waals surface area (Å²) in [5.74, 6) is -0.114. The quantitative estimate of drug-likeness (QED) is 0.880. The fourth-order valence-corrected chi connectivity index (χ4v) is 2.36. The van der Waals surface area contributed by atoms with Gasteiger partial charge in [-0.1, -0.05) is 24.3 Å². The van der Waals surface area contributed by atoms with Gasteiger partial charge in [0.1, 0.15) is 4.88 Å². The summed E-state index contributed by atoms with van der Waals surface area (Å²) in [5.41, 5.74) is 0.872. The SMILES string of the molecule is CC[C@@H](NC(=O)c1cnc(NC)s1)c1ccccn1. The molecule has 2 rings (SSSR count). The van der Waals surface area contributed by atoms with Crippen molar-refractivity contribution in [2.45, 2.75) is 19.4 Å². The predicted octanol–water partition coefficient (Wildman–Crippen LogP) is 2.46. The molecular weight excluding hydrogens is 260 g/mol. The van der Waals surface area contributed by atoms with Crippen LogP contribution in [-0.2, 0) is 0 Å². The Kier molecular flexibility index (Phi) is 4.46. The maximum atomic E-state index is 12.1. The van der Waals surface area contributed by atoms with E-state index in [4.69, 9.17) is 0 Å². The summed E-state index contributed by atoms with van der Waals surface area (Å²) >= 11 is 1.33. The largest absolute Gasteiger partial charge is 0.365 e. The van der Waals surface area contributed by atoms with Gasteiger partial charge in [-0.05, 0) is 18.6 Å². The van der Waals surface area contributed by atoms with Crippen LogP contribution in [0.25, 0.3) is 0 Å². The van der Waals surface area contributed by atoms with Crippen LogP contribution >= 0.6 is 11.3 Å². The Morgan fingerprint density at radius 1 is 1.42 bits per heavy atom. The molecule has 0 aliphatic carbocycles. The first kappa shape index (κ1) is 13.5. The molecule has 0 spiro atoms. The fraction of sp³-hybridized carbons (Fsp3) is 0.308. The van der Waals surface area contributed by atoms with Crippen molar-refractivity contribution in [2.24, 2.45) is 0 Å². The highest BCUT2D eigenvalue weighted by Gasteiger charge is 2.16. The van der Waals surface area contributed by atoms with E-state index in [-0.39, 0.29) is 11.9 Å². The maximum Gasteiger partial charge on any atom is 0.263 e. The summed E-state index contributed by atoms with van der Waals surface area (Å²) in [6, 6.07) is 5.62. The van der Waals surface area contributed by atoms with Crippen LogP contribution in [0.2, 0.25) is 0 Å². The molecule has 0 saturated heterocycles. The first-order valence-electron chi connectivity index (χ1n) is 6.10. The van der Waals surface area contributed by atoms with Gasteiger partial charge in [-0.2, -0.15) is 0 Å². The number of amides is 1. The van der Waals surface area contributed by atoms with Crippen molar-refractivity contribution in [3.8, 4) is 0 Å². The molecule has 2 aromatic heterocycles. The standard InChI is InChI=1S/C13H16N4OS/c1-3-9(10-6-4-5-7-15-10)17-12(18)11-8-16-13(14-2)19-11/h4-9H,3H2,1-2H3,(H,14,16)(H,17,18)/t9-/m1/s1. The molecule has 0 aliphatic rings. The van der Waals surface area contributed by atoms with E-state index < -0.39 is 0 Å². The van der Waals surface area contributed by atoms with E-state index >= 15 is 0 Å². The molecule has 0 radical (unpaired) electrons. The van der Waals surface area contributed by atoms with Crippen LogP contribution in [0, 0.1) is 0 Å². The summed E-state index contributed by atoms with van der Waals surface area (Å²) in [6.07, 6.45) is 4.10. The lowest BCUT2D eigenvalue weighted by molar-refractivity contribution is 0.0938. The van der Waals surface area contributed by atoms with Crippen molar-refractivity contribution < 1.29 is 4.79 Å². The minimum atomic E-state index is -0.114. The topological polar surface area (TPSA) is 66.9 Å². The Bertz CT molecular complexity index is 541. The fourth-order valence-electron chi connectivity index (χ4n) is 1.69. The summed E-state index contributed by atoms with van der Waals surface area (Å²) in [7, 11) is 1.78. The normalized spacial score (nSPS) is 11.9. The highest BCUT2D eigenvalue weighted by Crippen LogP contribution is 2.19. The summed E-state index contributed by atoms with van der Waals surface area (Å²) in [5, 5.41) is 6.63. The molecule has 1 atom stereocenters. The lowest BCUT2D eigenvalue weighted by Gasteiger charge is -2.15. The molecule has 19 heavy (non-hydrogen) atoms. The third-order valence-corrected chi connectivity index (χ3v) is 3.72. The molecule has 0 bridgehead atoms. The van der Waals surface area contributed by atoms with Crippen LogP contribution in [0.3, 0.4) is 0 Å². The number of rotatable bonds is 5. The zero-order valence-electron chi connectivity index (χ0n) is 10.9. The van der Waals surface area contributed by atoms with Gasteiger partial charge < -0.3 is 10.6 Å². The average molecular weight is 276 g/mol. The second-order valence-corrected chi connectivity index (χ2v) is 5.00. The summed E-state index contributed by atoms with van der Waals surface area (Å²) in [6.45, 7) is 2.02. The van der Waals surface area contributed by atoms with Gasteiger partial charge in [-0.15, -0.1) is 0 Å². The molecule has 0 saturated carbocycles. The number of hydrogen-bond acceptors (Lipinski definition) is 5. The first-order chi connectivity index (χ1) is 9.24. The lowest BCUT2D eigenvalue weighted by Crippen LogP contribution is -2.28. The molecule has 2 aromatic rings. The van der Waals surface area contributed by atoms with Crippen molar-refractivity contribution in [3.05, 3.63) is 41.2 Å². The van der Waals surface area contributed by atoms with E-state index in [1.165, 1.54) is 11.3 Å². The molecule has 100 valence electrons. The predicted molar refractivity (Wildman–Crippen MR) is 76.4 cm³/mol. The van der Waals surface area contributed by atoms with E-state index in [1.807, 2.05) is 25.1 Å². The van der Waals surface area contributed by atoms with Crippen LogP contribution in [0.1, 0.15) is 34.8 Å². The average Bonchev–Trinajstić information content (AvgIpc) is 2.94. The molecule has 6 heteroatoms. The van der Waals surface area contributed by atoms with Gasteiger partial charge in [0, 0.05) is 13.2 Å². The van der Waals surface area contributed by atoms with Gasteiger partial charge in [0.25, 0.3) is 5.91 Å². The minimum absolute atomic E-state index is 0.0752. The van der Waals surface area contributed by atoms with Crippen LogP contribution in [0.4, 0.5) is 5.13 Å². The zero-order chi connectivity index (χ0) is 13.7. The number of pyridine rings is 1. The molecular formula is C13H16N4OS. The highest BCUT2D eigenvalue weighted by molar-refractivity contribution is 7.17. The second kappa shape index (κ2) is 6.29. The summed E-state index contributed by atoms with van der Waals surface area (Å²) in [4.78, 5) is 21.1. The van der Waals surface area contributed by atoms with Gasteiger partial charge in [-0.3, -0.25) is 9.78 Å². The first-order valence-corrected chi connectivity index (χ1v) is 6.91. The van der Waals surface area contributed by atoms with Crippen molar-refractivity contribution in [1.29, 1.82) is 0 Å². The van der Waals surface area contributed by atoms with E-state index in [1.54, 1.807) is 19.4 Å². The Labute approximate surface area is 116 Å². The van der Waals surface area contributed by atoms with Gasteiger partial charge in [0.05, 0.1) is 17.9 Å².